The zero-order valence-electron chi connectivity index (χ0n) is 12.0. The maximum Gasteiger partial charge on any atom is 0.0594 e. The second-order valence-corrected chi connectivity index (χ2v) is 5.40. The summed E-state index contributed by atoms with van der Waals surface area (Å²) in [5.41, 5.74) is 5.36. The van der Waals surface area contributed by atoms with E-state index in [9.17, 15) is 0 Å². The molecule has 0 saturated carbocycles. The van der Waals surface area contributed by atoms with Crippen molar-refractivity contribution in [2.75, 3.05) is 26.3 Å². The minimum atomic E-state index is 0.859. The standard InChI is InChI=1S/C18H21NO/c1-15-5-2-3-8-18(15)17-7-4-6-16(13-17)14-19-9-11-20-12-10-19/h2-8,13H,9-12,14H2,1H3. The van der Waals surface area contributed by atoms with Gasteiger partial charge in [0.25, 0.3) is 0 Å². The molecule has 1 saturated heterocycles. The first kappa shape index (κ1) is 13.3. The predicted octanol–water partition coefficient (Wildman–Crippen LogP) is 3.49. The van der Waals surface area contributed by atoms with E-state index in [0.29, 0.717) is 0 Å². The first-order valence-corrected chi connectivity index (χ1v) is 7.28. The molecule has 20 heavy (non-hydrogen) atoms. The lowest BCUT2D eigenvalue weighted by Gasteiger charge is -2.26. The van der Waals surface area contributed by atoms with Crippen LogP contribution in [0.4, 0.5) is 0 Å². The number of ether oxygens (including phenoxy) is 1. The number of hydrogen-bond donors (Lipinski definition) is 0. The molecule has 1 aliphatic rings. The number of hydrogen-bond acceptors (Lipinski definition) is 2. The van der Waals surface area contributed by atoms with E-state index < -0.39 is 0 Å². The van der Waals surface area contributed by atoms with Crippen LogP contribution in [0, 0.1) is 6.92 Å². The highest BCUT2D eigenvalue weighted by atomic mass is 16.5. The quantitative estimate of drug-likeness (QED) is 0.844. The Labute approximate surface area is 121 Å². The van der Waals surface area contributed by atoms with Crippen molar-refractivity contribution in [3.8, 4) is 11.1 Å². The fourth-order valence-electron chi connectivity index (χ4n) is 2.75. The molecule has 1 aliphatic heterocycles. The first-order valence-electron chi connectivity index (χ1n) is 7.28. The molecule has 0 spiro atoms. The van der Waals surface area contributed by atoms with E-state index in [-0.39, 0.29) is 0 Å². The van der Waals surface area contributed by atoms with Crippen LogP contribution in [-0.2, 0) is 11.3 Å². The third-order valence-electron chi connectivity index (χ3n) is 3.89. The van der Waals surface area contributed by atoms with Crippen LogP contribution in [-0.4, -0.2) is 31.2 Å². The van der Waals surface area contributed by atoms with Crippen molar-refractivity contribution in [3.63, 3.8) is 0 Å². The van der Waals surface area contributed by atoms with Gasteiger partial charge in [-0.15, -0.1) is 0 Å². The van der Waals surface area contributed by atoms with E-state index in [1.165, 1.54) is 22.3 Å². The van der Waals surface area contributed by atoms with Crippen LogP contribution in [0.25, 0.3) is 11.1 Å². The van der Waals surface area contributed by atoms with E-state index in [1.54, 1.807) is 0 Å². The van der Waals surface area contributed by atoms with Gasteiger partial charge in [0.1, 0.15) is 0 Å². The smallest absolute Gasteiger partial charge is 0.0594 e. The van der Waals surface area contributed by atoms with Gasteiger partial charge in [0.05, 0.1) is 13.2 Å². The molecule has 1 fully saturated rings. The molecule has 0 aliphatic carbocycles. The van der Waals surface area contributed by atoms with Crippen LogP contribution in [0.1, 0.15) is 11.1 Å². The van der Waals surface area contributed by atoms with Crippen molar-refractivity contribution in [2.45, 2.75) is 13.5 Å². The number of benzene rings is 2. The zero-order chi connectivity index (χ0) is 13.8. The molecule has 2 aromatic carbocycles. The van der Waals surface area contributed by atoms with Gasteiger partial charge < -0.3 is 4.74 Å². The summed E-state index contributed by atoms with van der Waals surface area (Å²) in [6, 6.07) is 17.5. The highest BCUT2D eigenvalue weighted by Crippen LogP contribution is 2.24. The number of morpholine rings is 1. The SMILES string of the molecule is Cc1ccccc1-c1cccc(CN2CCOCC2)c1. The highest BCUT2D eigenvalue weighted by Gasteiger charge is 2.11. The molecule has 0 N–H and O–H groups in total. The number of nitrogens with zero attached hydrogens (tertiary/aromatic N) is 1. The Morgan fingerprint density at radius 3 is 2.60 bits per heavy atom. The maximum absolute atomic E-state index is 5.40. The Bertz CT molecular complexity index is 573. The van der Waals surface area contributed by atoms with Gasteiger partial charge in [-0.3, -0.25) is 4.90 Å². The van der Waals surface area contributed by atoms with Gasteiger partial charge in [-0.25, -0.2) is 0 Å². The molecular formula is C18H21NO. The molecule has 0 bridgehead atoms. The minimum absolute atomic E-state index is 0.859. The maximum atomic E-state index is 5.40. The second-order valence-electron chi connectivity index (χ2n) is 5.40. The van der Waals surface area contributed by atoms with Crippen molar-refractivity contribution >= 4 is 0 Å². The third kappa shape index (κ3) is 3.09. The fraction of sp³-hybridized carbons (Fsp3) is 0.333. The van der Waals surface area contributed by atoms with Gasteiger partial charge in [0.2, 0.25) is 0 Å². The molecule has 2 aromatic rings. The number of aryl methyl sites for hydroxylation is 1. The molecule has 3 rings (SSSR count). The van der Waals surface area contributed by atoms with Crippen LogP contribution in [0.2, 0.25) is 0 Å². The summed E-state index contributed by atoms with van der Waals surface area (Å²) in [5, 5.41) is 0. The average Bonchev–Trinajstić information content (AvgIpc) is 2.49. The third-order valence-corrected chi connectivity index (χ3v) is 3.89. The predicted molar refractivity (Wildman–Crippen MR) is 82.7 cm³/mol. The summed E-state index contributed by atoms with van der Waals surface area (Å²) >= 11 is 0. The largest absolute Gasteiger partial charge is 0.379 e. The van der Waals surface area contributed by atoms with Crippen LogP contribution in [0.5, 0.6) is 0 Å². The molecule has 2 nitrogen and oxygen atoms in total. The van der Waals surface area contributed by atoms with Crippen LogP contribution in [0.15, 0.2) is 48.5 Å². The van der Waals surface area contributed by atoms with Crippen molar-refractivity contribution < 1.29 is 4.74 Å². The summed E-state index contributed by atoms with van der Waals surface area (Å²) in [5.74, 6) is 0. The first-order chi connectivity index (χ1) is 9.83. The van der Waals surface area contributed by atoms with Gasteiger partial charge in [-0.2, -0.15) is 0 Å². The van der Waals surface area contributed by atoms with Crippen molar-refractivity contribution in [1.82, 2.24) is 4.90 Å². The Hall–Kier alpha value is -1.64. The summed E-state index contributed by atoms with van der Waals surface area (Å²) in [4.78, 5) is 2.46. The molecule has 0 atom stereocenters. The Kier molecular flexibility index (Phi) is 4.14. The molecule has 104 valence electrons. The van der Waals surface area contributed by atoms with Crippen molar-refractivity contribution in [3.05, 3.63) is 59.7 Å². The van der Waals surface area contributed by atoms with Crippen molar-refractivity contribution in [1.29, 1.82) is 0 Å². The fourth-order valence-corrected chi connectivity index (χ4v) is 2.75. The minimum Gasteiger partial charge on any atom is -0.379 e. The zero-order valence-corrected chi connectivity index (χ0v) is 12.0. The lowest BCUT2D eigenvalue weighted by Crippen LogP contribution is -2.35. The Balaban J connectivity index is 1.80. The summed E-state index contributed by atoms with van der Waals surface area (Å²) in [6.07, 6.45) is 0. The van der Waals surface area contributed by atoms with Gasteiger partial charge in [0, 0.05) is 19.6 Å². The number of rotatable bonds is 3. The van der Waals surface area contributed by atoms with Crippen LogP contribution < -0.4 is 0 Å². The van der Waals surface area contributed by atoms with Gasteiger partial charge in [-0.05, 0) is 35.2 Å². The summed E-state index contributed by atoms with van der Waals surface area (Å²) in [6.45, 7) is 6.98. The summed E-state index contributed by atoms with van der Waals surface area (Å²) < 4.78 is 5.40. The van der Waals surface area contributed by atoms with Gasteiger partial charge >= 0.3 is 0 Å². The molecule has 0 unspecified atom stereocenters. The van der Waals surface area contributed by atoms with Gasteiger partial charge in [0.15, 0.2) is 0 Å². The molecule has 0 aromatic heterocycles. The van der Waals surface area contributed by atoms with E-state index in [4.69, 9.17) is 4.74 Å². The van der Waals surface area contributed by atoms with E-state index in [1.807, 2.05) is 0 Å². The van der Waals surface area contributed by atoms with Crippen molar-refractivity contribution in [2.24, 2.45) is 0 Å². The van der Waals surface area contributed by atoms with E-state index in [0.717, 1.165) is 32.8 Å². The molecule has 0 radical (unpaired) electrons. The molecular weight excluding hydrogens is 246 g/mol. The normalized spacial score (nSPS) is 16.2. The average molecular weight is 267 g/mol. The van der Waals surface area contributed by atoms with E-state index in [2.05, 4.69) is 60.4 Å². The lowest BCUT2D eigenvalue weighted by molar-refractivity contribution is 0.0342. The van der Waals surface area contributed by atoms with Crippen LogP contribution >= 0.6 is 0 Å². The topological polar surface area (TPSA) is 12.5 Å². The molecule has 0 amide bonds. The lowest BCUT2D eigenvalue weighted by atomic mass is 9.99. The second kappa shape index (κ2) is 6.21. The monoisotopic (exact) mass is 267 g/mol. The van der Waals surface area contributed by atoms with Crippen LogP contribution in [0.3, 0.4) is 0 Å². The summed E-state index contributed by atoms with van der Waals surface area (Å²) in [7, 11) is 0. The molecule has 2 heteroatoms. The Morgan fingerprint density at radius 1 is 1.00 bits per heavy atom. The molecule has 1 heterocycles. The van der Waals surface area contributed by atoms with Gasteiger partial charge in [-0.1, -0.05) is 42.5 Å². The Morgan fingerprint density at radius 2 is 1.80 bits per heavy atom. The highest BCUT2D eigenvalue weighted by molar-refractivity contribution is 5.67. The van der Waals surface area contributed by atoms with E-state index >= 15 is 0 Å².